The molecular weight excluding hydrogens is 215 g/mol. The Morgan fingerprint density at radius 3 is 2.81 bits per heavy atom. The number of carbonyl (C=O) groups is 1. The molecule has 6 heteroatoms. The fraction of sp³-hybridized carbons (Fsp3) is 0.300. The van der Waals surface area contributed by atoms with Crippen LogP contribution in [0, 0.1) is 15.9 Å². The maximum absolute atomic E-state index is 13.3. The summed E-state index contributed by atoms with van der Waals surface area (Å²) >= 11 is 0. The van der Waals surface area contributed by atoms with Gasteiger partial charge in [-0.2, -0.15) is 4.39 Å². The molecule has 16 heavy (non-hydrogen) atoms. The zero-order chi connectivity index (χ0) is 11.9. The maximum atomic E-state index is 13.3. The average Bonchev–Trinajstić information content (AvgIpc) is 2.58. The van der Waals surface area contributed by atoms with Crippen molar-refractivity contribution in [3.8, 4) is 0 Å². The van der Waals surface area contributed by atoms with Gasteiger partial charge in [-0.3, -0.25) is 14.9 Å². The zero-order valence-corrected chi connectivity index (χ0v) is 8.57. The van der Waals surface area contributed by atoms with Crippen LogP contribution in [0.4, 0.5) is 15.8 Å². The Labute approximate surface area is 90.6 Å². The SMILES string of the molecule is CC(=O)N1CCc2cc(F)c([N+](=O)[O-])cc21. The van der Waals surface area contributed by atoms with Crippen molar-refractivity contribution in [3.05, 3.63) is 33.6 Å². The van der Waals surface area contributed by atoms with Crippen molar-refractivity contribution in [2.75, 3.05) is 11.4 Å². The van der Waals surface area contributed by atoms with E-state index in [4.69, 9.17) is 0 Å². The van der Waals surface area contributed by atoms with Gasteiger partial charge in [-0.05, 0) is 18.1 Å². The van der Waals surface area contributed by atoms with Crippen molar-refractivity contribution in [3.63, 3.8) is 0 Å². The lowest BCUT2D eigenvalue weighted by atomic mass is 10.1. The van der Waals surface area contributed by atoms with E-state index in [0.29, 0.717) is 24.2 Å². The quantitative estimate of drug-likeness (QED) is 0.538. The fourth-order valence-electron chi connectivity index (χ4n) is 1.86. The van der Waals surface area contributed by atoms with Crippen molar-refractivity contribution < 1.29 is 14.1 Å². The normalized spacial score (nSPS) is 13.8. The molecule has 0 radical (unpaired) electrons. The molecule has 0 N–H and O–H groups in total. The molecule has 0 aromatic heterocycles. The number of hydrogen-bond acceptors (Lipinski definition) is 3. The van der Waals surface area contributed by atoms with Gasteiger partial charge in [-0.25, -0.2) is 0 Å². The average molecular weight is 224 g/mol. The standard InChI is InChI=1S/C10H9FN2O3/c1-6(14)12-3-2-7-4-8(11)10(13(15)16)5-9(7)12/h4-5H,2-3H2,1H3. The first kappa shape index (κ1) is 10.5. The minimum atomic E-state index is -0.853. The van der Waals surface area contributed by atoms with Crippen LogP contribution in [0.2, 0.25) is 0 Å². The molecule has 0 bridgehead atoms. The van der Waals surface area contributed by atoms with E-state index in [1.807, 2.05) is 0 Å². The lowest BCUT2D eigenvalue weighted by molar-refractivity contribution is -0.387. The summed E-state index contributed by atoms with van der Waals surface area (Å²) in [6.45, 7) is 1.83. The third-order valence-corrected chi connectivity index (χ3v) is 2.62. The second-order valence-corrected chi connectivity index (χ2v) is 3.61. The van der Waals surface area contributed by atoms with Crippen molar-refractivity contribution in [1.82, 2.24) is 0 Å². The van der Waals surface area contributed by atoms with Crippen LogP contribution in [0.15, 0.2) is 12.1 Å². The number of hydrogen-bond donors (Lipinski definition) is 0. The molecule has 0 spiro atoms. The molecule has 5 nitrogen and oxygen atoms in total. The third-order valence-electron chi connectivity index (χ3n) is 2.62. The molecule has 0 fully saturated rings. The number of anilines is 1. The number of nitrogens with zero attached hydrogens (tertiary/aromatic N) is 2. The molecule has 0 saturated carbocycles. The van der Waals surface area contributed by atoms with Gasteiger partial charge in [-0.1, -0.05) is 0 Å². The van der Waals surface area contributed by atoms with Crippen molar-refractivity contribution in [2.45, 2.75) is 13.3 Å². The lowest BCUT2D eigenvalue weighted by Crippen LogP contribution is -2.25. The summed E-state index contributed by atoms with van der Waals surface area (Å²) in [5, 5.41) is 10.6. The van der Waals surface area contributed by atoms with Crippen LogP contribution in [-0.2, 0) is 11.2 Å². The summed E-state index contributed by atoms with van der Waals surface area (Å²) in [6.07, 6.45) is 0.532. The fourth-order valence-corrected chi connectivity index (χ4v) is 1.86. The summed E-state index contributed by atoms with van der Waals surface area (Å²) in [6, 6.07) is 2.26. The largest absolute Gasteiger partial charge is 0.312 e. The molecule has 0 atom stereocenters. The Bertz CT molecular complexity index is 487. The van der Waals surface area contributed by atoms with Gasteiger partial charge in [0.15, 0.2) is 0 Å². The lowest BCUT2D eigenvalue weighted by Gasteiger charge is -2.14. The minimum absolute atomic E-state index is 0.195. The molecule has 0 unspecified atom stereocenters. The molecule has 1 aromatic rings. The second kappa shape index (κ2) is 3.55. The molecule has 1 aliphatic rings. The number of carbonyl (C=O) groups excluding carboxylic acids is 1. The Balaban J connectivity index is 2.54. The second-order valence-electron chi connectivity index (χ2n) is 3.61. The molecular formula is C10H9FN2O3. The predicted octanol–water partition coefficient (Wildman–Crippen LogP) is 1.64. The molecule has 0 saturated heterocycles. The van der Waals surface area contributed by atoms with Crippen LogP contribution in [0.1, 0.15) is 12.5 Å². The van der Waals surface area contributed by atoms with Crippen molar-refractivity contribution >= 4 is 17.3 Å². The number of fused-ring (bicyclic) bond motifs is 1. The maximum Gasteiger partial charge on any atom is 0.306 e. The third kappa shape index (κ3) is 1.52. The summed E-state index contributed by atoms with van der Waals surface area (Å²) in [5.74, 6) is -1.05. The Morgan fingerprint density at radius 1 is 1.56 bits per heavy atom. The van der Waals surface area contributed by atoms with Gasteiger partial charge in [-0.15, -0.1) is 0 Å². The monoisotopic (exact) mass is 224 g/mol. The van der Waals surface area contributed by atoms with E-state index in [0.717, 1.165) is 12.1 Å². The highest BCUT2D eigenvalue weighted by molar-refractivity contribution is 5.94. The summed E-state index contributed by atoms with van der Waals surface area (Å²) in [7, 11) is 0. The molecule has 2 rings (SSSR count). The van der Waals surface area contributed by atoms with Gasteiger partial charge in [0.25, 0.3) is 0 Å². The van der Waals surface area contributed by atoms with Gasteiger partial charge >= 0.3 is 5.69 Å². The van der Waals surface area contributed by atoms with E-state index in [9.17, 15) is 19.3 Å². The summed E-state index contributed by atoms with van der Waals surface area (Å²) < 4.78 is 13.3. The first-order valence-corrected chi connectivity index (χ1v) is 4.75. The van der Waals surface area contributed by atoms with Crippen LogP contribution in [-0.4, -0.2) is 17.4 Å². The van der Waals surface area contributed by atoms with Crippen LogP contribution >= 0.6 is 0 Å². The zero-order valence-electron chi connectivity index (χ0n) is 8.57. The van der Waals surface area contributed by atoms with Crippen molar-refractivity contribution in [1.29, 1.82) is 0 Å². The van der Waals surface area contributed by atoms with Gasteiger partial charge in [0.1, 0.15) is 0 Å². The van der Waals surface area contributed by atoms with Crippen LogP contribution in [0.25, 0.3) is 0 Å². The van der Waals surface area contributed by atoms with Crippen LogP contribution < -0.4 is 4.90 Å². The molecule has 1 aliphatic heterocycles. The molecule has 1 heterocycles. The van der Waals surface area contributed by atoms with E-state index in [1.54, 1.807) is 0 Å². The molecule has 0 aliphatic carbocycles. The van der Waals surface area contributed by atoms with E-state index >= 15 is 0 Å². The molecule has 1 amide bonds. The number of benzene rings is 1. The highest BCUT2D eigenvalue weighted by atomic mass is 19.1. The predicted molar refractivity (Wildman–Crippen MR) is 54.8 cm³/mol. The Morgan fingerprint density at radius 2 is 2.25 bits per heavy atom. The topological polar surface area (TPSA) is 63.5 Å². The molecule has 1 aromatic carbocycles. The highest BCUT2D eigenvalue weighted by Gasteiger charge is 2.27. The minimum Gasteiger partial charge on any atom is -0.312 e. The van der Waals surface area contributed by atoms with E-state index in [2.05, 4.69) is 0 Å². The first-order chi connectivity index (χ1) is 7.50. The molecule has 84 valence electrons. The van der Waals surface area contributed by atoms with Gasteiger partial charge in [0, 0.05) is 19.5 Å². The Hall–Kier alpha value is -1.98. The summed E-state index contributed by atoms with van der Waals surface area (Å²) in [4.78, 5) is 22.4. The first-order valence-electron chi connectivity index (χ1n) is 4.75. The number of nitro groups is 1. The highest BCUT2D eigenvalue weighted by Crippen LogP contribution is 2.33. The van der Waals surface area contributed by atoms with E-state index < -0.39 is 16.4 Å². The van der Waals surface area contributed by atoms with E-state index in [-0.39, 0.29) is 5.91 Å². The van der Waals surface area contributed by atoms with Gasteiger partial charge in [0.2, 0.25) is 11.7 Å². The smallest absolute Gasteiger partial charge is 0.306 e. The summed E-state index contributed by atoms with van der Waals surface area (Å²) in [5.41, 5.74) is 0.491. The number of nitro benzene ring substituents is 1. The number of halogens is 1. The number of rotatable bonds is 1. The van der Waals surface area contributed by atoms with Gasteiger partial charge in [0.05, 0.1) is 10.6 Å². The van der Waals surface area contributed by atoms with Crippen LogP contribution in [0.3, 0.4) is 0 Å². The van der Waals surface area contributed by atoms with E-state index in [1.165, 1.54) is 11.8 Å². The Kier molecular flexibility index (Phi) is 2.34. The van der Waals surface area contributed by atoms with Gasteiger partial charge < -0.3 is 4.90 Å². The van der Waals surface area contributed by atoms with Crippen LogP contribution in [0.5, 0.6) is 0 Å². The number of amides is 1. The van der Waals surface area contributed by atoms with Crippen molar-refractivity contribution in [2.24, 2.45) is 0 Å².